The average Bonchev–Trinajstić information content (AvgIpc) is 2.98. The average molecular weight is 320 g/mol. The molecule has 0 bridgehead atoms. The Morgan fingerprint density at radius 3 is 2.80 bits per heavy atom. The van der Waals surface area contributed by atoms with E-state index in [1.54, 1.807) is 0 Å². The largest absolute Gasteiger partial charge is 0.374 e. The third-order valence-electron chi connectivity index (χ3n) is 5.07. The third kappa shape index (κ3) is 3.02. The molecular formula is C13H24N2O3S2. The molecule has 20 heavy (non-hydrogen) atoms. The quantitative estimate of drug-likeness (QED) is 0.584. The highest BCUT2D eigenvalue weighted by Gasteiger charge is 2.45. The number of thioether (sulfide) groups is 1. The molecule has 0 saturated carbocycles. The topological polar surface area (TPSA) is 81.4 Å². The maximum absolute atomic E-state index is 11.7. The van der Waals surface area contributed by atoms with E-state index >= 15 is 0 Å². The van der Waals surface area contributed by atoms with Gasteiger partial charge in [-0.15, -0.1) is 0 Å². The Morgan fingerprint density at radius 2 is 2.20 bits per heavy atom. The summed E-state index contributed by atoms with van der Waals surface area (Å²) in [4.78, 5) is 0. The van der Waals surface area contributed by atoms with Gasteiger partial charge in [0.15, 0.2) is 9.84 Å². The maximum atomic E-state index is 11.7. The molecular weight excluding hydrogens is 296 g/mol. The molecule has 0 aliphatic carbocycles. The van der Waals surface area contributed by atoms with Gasteiger partial charge in [-0.05, 0) is 43.3 Å². The van der Waals surface area contributed by atoms with Crippen LogP contribution in [0.5, 0.6) is 0 Å². The molecule has 0 aromatic heterocycles. The lowest BCUT2D eigenvalue weighted by molar-refractivity contribution is -0.0878. The van der Waals surface area contributed by atoms with Crippen molar-refractivity contribution in [1.29, 1.82) is 0 Å². The molecule has 3 fully saturated rings. The lowest BCUT2D eigenvalue weighted by Crippen LogP contribution is -2.52. The molecule has 7 heteroatoms. The van der Waals surface area contributed by atoms with Crippen molar-refractivity contribution in [1.82, 2.24) is 5.43 Å². The molecule has 0 aromatic rings. The summed E-state index contributed by atoms with van der Waals surface area (Å²) < 4.78 is 29.4. The molecule has 4 unspecified atom stereocenters. The zero-order valence-corrected chi connectivity index (χ0v) is 13.3. The van der Waals surface area contributed by atoms with Crippen LogP contribution in [0.25, 0.3) is 0 Å². The minimum Gasteiger partial charge on any atom is -0.374 e. The molecule has 0 radical (unpaired) electrons. The summed E-state index contributed by atoms with van der Waals surface area (Å²) in [6.45, 7) is 0.781. The maximum Gasteiger partial charge on any atom is 0.150 e. The second-order valence-electron chi connectivity index (χ2n) is 6.44. The SMILES string of the molecule is NNC(C1CCOC2(CCSC2)C1)C1CCS(=O)(=O)C1. The molecule has 1 spiro atoms. The van der Waals surface area contributed by atoms with Gasteiger partial charge < -0.3 is 4.74 Å². The Kier molecular flexibility index (Phi) is 4.34. The summed E-state index contributed by atoms with van der Waals surface area (Å²) in [5.41, 5.74) is 2.96. The van der Waals surface area contributed by atoms with Crippen molar-refractivity contribution in [3.8, 4) is 0 Å². The molecule has 3 saturated heterocycles. The minimum atomic E-state index is -2.85. The number of nitrogens with two attached hydrogens (primary N) is 1. The van der Waals surface area contributed by atoms with Gasteiger partial charge in [0, 0.05) is 18.4 Å². The Labute approximate surface area is 125 Å². The first-order valence-corrected chi connectivity index (χ1v) is 10.4. The fraction of sp³-hybridized carbons (Fsp3) is 1.00. The van der Waals surface area contributed by atoms with E-state index in [2.05, 4.69) is 5.43 Å². The first-order valence-electron chi connectivity index (χ1n) is 7.42. The smallest absolute Gasteiger partial charge is 0.150 e. The predicted molar refractivity (Wildman–Crippen MR) is 81.2 cm³/mol. The van der Waals surface area contributed by atoms with Crippen molar-refractivity contribution in [2.45, 2.75) is 37.3 Å². The molecule has 3 aliphatic heterocycles. The number of hydrazine groups is 1. The lowest BCUT2D eigenvalue weighted by Gasteiger charge is -2.42. The monoisotopic (exact) mass is 320 g/mol. The summed E-state index contributed by atoms with van der Waals surface area (Å²) in [7, 11) is -2.85. The molecule has 3 rings (SSSR count). The van der Waals surface area contributed by atoms with Crippen molar-refractivity contribution in [2.75, 3.05) is 29.6 Å². The van der Waals surface area contributed by atoms with Crippen molar-refractivity contribution < 1.29 is 13.2 Å². The Balaban J connectivity index is 1.69. The predicted octanol–water partition coefficient (Wildman–Crippen LogP) is 0.555. The minimum absolute atomic E-state index is 0.0279. The van der Waals surface area contributed by atoms with Crippen molar-refractivity contribution in [3.63, 3.8) is 0 Å². The van der Waals surface area contributed by atoms with Crippen LogP contribution in [0.1, 0.15) is 25.7 Å². The lowest BCUT2D eigenvalue weighted by atomic mass is 9.77. The molecule has 116 valence electrons. The first-order chi connectivity index (χ1) is 9.54. The van der Waals surface area contributed by atoms with Crippen LogP contribution in [0.15, 0.2) is 0 Å². The van der Waals surface area contributed by atoms with Crippen molar-refractivity contribution in [2.24, 2.45) is 17.7 Å². The van der Waals surface area contributed by atoms with E-state index in [-0.39, 0.29) is 17.6 Å². The number of hydrogen-bond acceptors (Lipinski definition) is 6. The summed E-state index contributed by atoms with van der Waals surface area (Å²) in [5.74, 6) is 9.23. The summed E-state index contributed by atoms with van der Waals surface area (Å²) in [6.07, 6.45) is 3.87. The van der Waals surface area contributed by atoms with Gasteiger partial charge in [-0.25, -0.2) is 8.42 Å². The highest BCUT2D eigenvalue weighted by Crippen LogP contribution is 2.42. The van der Waals surface area contributed by atoms with Gasteiger partial charge in [0.05, 0.1) is 17.1 Å². The summed E-state index contributed by atoms with van der Waals surface area (Å²) >= 11 is 1.96. The molecule has 0 amide bonds. The van der Waals surface area contributed by atoms with Crippen LogP contribution >= 0.6 is 11.8 Å². The van der Waals surface area contributed by atoms with E-state index in [1.807, 2.05) is 11.8 Å². The number of hydrogen-bond donors (Lipinski definition) is 2. The number of rotatable bonds is 3. The van der Waals surface area contributed by atoms with Gasteiger partial charge >= 0.3 is 0 Å². The van der Waals surface area contributed by atoms with Crippen LogP contribution in [0.2, 0.25) is 0 Å². The molecule has 4 atom stereocenters. The van der Waals surface area contributed by atoms with Crippen molar-refractivity contribution >= 4 is 21.6 Å². The van der Waals surface area contributed by atoms with Gasteiger partial charge in [-0.1, -0.05) is 0 Å². The Morgan fingerprint density at radius 1 is 1.35 bits per heavy atom. The first kappa shape index (κ1) is 15.1. The van der Waals surface area contributed by atoms with Gasteiger partial charge in [0.25, 0.3) is 0 Å². The highest BCUT2D eigenvalue weighted by molar-refractivity contribution is 7.99. The fourth-order valence-corrected chi connectivity index (χ4v) is 7.23. The summed E-state index contributed by atoms with van der Waals surface area (Å²) in [6, 6.07) is 0.110. The van der Waals surface area contributed by atoms with Gasteiger partial charge in [0.1, 0.15) is 0 Å². The normalized spacial score (nSPS) is 42.0. The molecule has 0 aromatic carbocycles. The molecule has 3 N–H and O–H groups in total. The third-order valence-corrected chi connectivity index (χ3v) is 8.09. The second kappa shape index (κ2) is 5.76. The number of ether oxygens (including phenoxy) is 1. The van der Waals surface area contributed by atoms with E-state index in [9.17, 15) is 8.42 Å². The molecule has 3 heterocycles. The van der Waals surface area contributed by atoms with E-state index in [0.717, 1.165) is 38.0 Å². The van der Waals surface area contributed by atoms with Crippen LogP contribution in [0, 0.1) is 11.8 Å². The summed E-state index contributed by atoms with van der Waals surface area (Å²) in [5, 5.41) is 0. The molecule has 5 nitrogen and oxygen atoms in total. The van der Waals surface area contributed by atoms with E-state index in [1.165, 1.54) is 5.75 Å². The van der Waals surface area contributed by atoms with E-state index in [0.29, 0.717) is 17.4 Å². The second-order valence-corrected chi connectivity index (χ2v) is 9.78. The van der Waals surface area contributed by atoms with Gasteiger partial charge in [0.2, 0.25) is 0 Å². The fourth-order valence-electron chi connectivity index (χ4n) is 4.00. The number of sulfone groups is 1. The van der Waals surface area contributed by atoms with Crippen LogP contribution in [-0.2, 0) is 14.6 Å². The van der Waals surface area contributed by atoms with Gasteiger partial charge in [-0.2, -0.15) is 11.8 Å². The van der Waals surface area contributed by atoms with Crippen LogP contribution < -0.4 is 11.3 Å². The van der Waals surface area contributed by atoms with Crippen molar-refractivity contribution in [3.05, 3.63) is 0 Å². The van der Waals surface area contributed by atoms with Crippen LogP contribution in [-0.4, -0.2) is 49.7 Å². The standard InChI is InChI=1S/C13H24N2O3S2/c14-15-12(11-2-6-20(16,17)8-11)10-1-4-18-13(7-10)3-5-19-9-13/h10-12,15H,1-9,14H2. The highest BCUT2D eigenvalue weighted by atomic mass is 32.2. The van der Waals surface area contributed by atoms with Crippen LogP contribution in [0.4, 0.5) is 0 Å². The zero-order valence-electron chi connectivity index (χ0n) is 11.7. The van der Waals surface area contributed by atoms with Crippen LogP contribution in [0.3, 0.4) is 0 Å². The number of nitrogens with one attached hydrogen (secondary N) is 1. The van der Waals surface area contributed by atoms with E-state index < -0.39 is 9.84 Å². The zero-order chi connectivity index (χ0) is 14.2. The Hall–Kier alpha value is 0.180. The Bertz CT molecular complexity index is 449. The van der Waals surface area contributed by atoms with Gasteiger partial charge in [-0.3, -0.25) is 11.3 Å². The van der Waals surface area contributed by atoms with E-state index in [4.69, 9.17) is 10.6 Å². The molecule has 3 aliphatic rings.